The number of benzene rings is 3. The molecule has 0 heterocycles. The Morgan fingerprint density at radius 2 is 1.67 bits per heavy atom. The lowest BCUT2D eigenvalue weighted by molar-refractivity contribution is 0.0974. The minimum atomic E-state index is -0.777. The average molecular weight is 441 g/mol. The summed E-state index contributed by atoms with van der Waals surface area (Å²) in [6.45, 7) is 0. The molecule has 0 aliphatic heterocycles. The fourth-order valence-corrected chi connectivity index (χ4v) is 3.30. The van der Waals surface area contributed by atoms with Crippen LogP contribution in [0.2, 0.25) is 0 Å². The highest BCUT2D eigenvalue weighted by Crippen LogP contribution is 2.31. The summed E-state index contributed by atoms with van der Waals surface area (Å²) in [6, 6.07) is 17.3. The quantitative estimate of drug-likeness (QED) is 0.309. The van der Waals surface area contributed by atoms with Gasteiger partial charge in [0.1, 0.15) is 11.6 Å². The molecule has 33 heavy (non-hydrogen) atoms. The van der Waals surface area contributed by atoms with Crippen molar-refractivity contribution in [2.75, 3.05) is 26.5 Å². The lowest BCUT2D eigenvalue weighted by atomic mass is 9.96. The molecule has 0 spiro atoms. The number of nitrogens with zero attached hydrogens (tertiary/aromatic N) is 1. The SMILES string of the molecule is C#Cc1ccc(NC(=O)c2cc(-c3ccc(C(=N)N(C)C)cc3)cc(OC)c2C(N)=O)cc1. The molecule has 3 rings (SSSR count). The molecule has 0 bridgehead atoms. The van der Waals surface area contributed by atoms with Crippen molar-refractivity contribution in [3.05, 3.63) is 82.9 Å². The molecule has 3 aromatic carbocycles. The molecule has 7 nitrogen and oxygen atoms in total. The fourth-order valence-electron chi connectivity index (χ4n) is 3.30. The molecule has 3 aromatic rings. The zero-order valence-corrected chi connectivity index (χ0v) is 18.6. The highest BCUT2D eigenvalue weighted by molar-refractivity contribution is 6.14. The van der Waals surface area contributed by atoms with Gasteiger partial charge in [-0.05, 0) is 47.5 Å². The Labute approximate surface area is 192 Å². The number of hydrogen-bond donors (Lipinski definition) is 3. The van der Waals surface area contributed by atoms with Gasteiger partial charge in [0.25, 0.3) is 11.8 Å². The van der Waals surface area contributed by atoms with E-state index in [0.717, 1.165) is 11.1 Å². The normalized spacial score (nSPS) is 10.1. The number of nitrogens with two attached hydrogens (primary N) is 1. The van der Waals surface area contributed by atoms with Crippen LogP contribution in [0.15, 0.2) is 60.7 Å². The molecule has 166 valence electrons. The summed E-state index contributed by atoms with van der Waals surface area (Å²) in [4.78, 5) is 27.0. The third kappa shape index (κ3) is 5.02. The number of carbonyl (C=O) groups excluding carboxylic acids is 2. The van der Waals surface area contributed by atoms with Crippen LogP contribution in [0, 0.1) is 17.8 Å². The van der Waals surface area contributed by atoms with Crippen molar-refractivity contribution in [1.82, 2.24) is 4.90 Å². The van der Waals surface area contributed by atoms with Crippen molar-refractivity contribution in [2.45, 2.75) is 0 Å². The molecule has 2 amide bonds. The molecule has 0 aliphatic carbocycles. The molecule has 7 heteroatoms. The first kappa shape index (κ1) is 23.1. The molecule has 0 unspecified atom stereocenters. The number of rotatable bonds is 6. The Balaban J connectivity index is 2.04. The number of primary amides is 1. The lowest BCUT2D eigenvalue weighted by Crippen LogP contribution is -2.22. The van der Waals surface area contributed by atoms with Crippen molar-refractivity contribution in [3.63, 3.8) is 0 Å². The van der Waals surface area contributed by atoms with Gasteiger partial charge >= 0.3 is 0 Å². The second-order valence-corrected chi connectivity index (χ2v) is 7.46. The predicted octanol–water partition coefficient (Wildman–Crippen LogP) is 3.58. The van der Waals surface area contributed by atoms with E-state index in [9.17, 15) is 9.59 Å². The van der Waals surface area contributed by atoms with Crippen LogP contribution in [0.1, 0.15) is 31.8 Å². The molecule has 0 radical (unpaired) electrons. The smallest absolute Gasteiger partial charge is 0.256 e. The molecule has 0 atom stereocenters. The van der Waals surface area contributed by atoms with Gasteiger partial charge in [0.15, 0.2) is 0 Å². The number of nitrogens with one attached hydrogen (secondary N) is 2. The number of methoxy groups -OCH3 is 1. The molecular formula is C26H24N4O3. The second-order valence-electron chi connectivity index (χ2n) is 7.46. The van der Waals surface area contributed by atoms with Gasteiger partial charge in [0.2, 0.25) is 0 Å². The maximum Gasteiger partial charge on any atom is 0.256 e. The van der Waals surface area contributed by atoms with Gasteiger partial charge in [-0.25, -0.2) is 0 Å². The summed E-state index contributed by atoms with van der Waals surface area (Å²) in [7, 11) is 5.01. The zero-order chi connectivity index (χ0) is 24.1. The minimum Gasteiger partial charge on any atom is -0.496 e. The van der Waals surface area contributed by atoms with E-state index in [1.54, 1.807) is 55.4 Å². The third-order valence-corrected chi connectivity index (χ3v) is 5.06. The van der Waals surface area contributed by atoms with Gasteiger partial charge in [0, 0.05) is 30.9 Å². The maximum absolute atomic E-state index is 13.1. The van der Waals surface area contributed by atoms with Crippen LogP contribution >= 0.6 is 0 Å². The van der Waals surface area contributed by atoms with Gasteiger partial charge in [0.05, 0.1) is 18.2 Å². The highest BCUT2D eigenvalue weighted by atomic mass is 16.5. The Morgan fingerprint density at radius 3 is 2.18 bits per heavy atom. The third-order valence-electron chi connectivity index (χ3n) is 5.06. The van der Waals surface area contributed by atoms with Gasteiger partial charge in [-0.1, -0.05) is 30.2 Å². The summed E-state index contributed by atoms with van der Waals surface area (Å²) in [5, 5.41) is 10.9. The van der Waals surface area contributed by atoms with Crippen LogP contribution in [0.3, 0.4) is 0 Å². The van der Waals surface area contributed by atoms with E-state index in [1.165, 1.54) is 7.11 Å². The van der Waals surface area contributed by atoms with Crippen LogP contribution in [0.4, 0.5) is 5.69 Å². The minimum absolute atomic E-state index is 0.00926. The molecule has 4 N–H and O–H groups in total. The number of hydrogen-bond acceptors (Lipinski definition) is 4. The molecular weight excluding hydrogens is 416 g/mol. The number of terminal acetylenes is 1. The zero-order valence-electron chi connectivity index (χ0n) is 18.6. The molecule has 0 aromatic heterocycles. The van der Waals surface area contributed by atoms with E-state index in [0.29, 0.717) is 22.6 Å². The van der Waals surface area contributed by atoms with Crippen molar-refractivity contribution in [1.29, 1.82) is 5.41 Å². The largest absolute Gasteiger partial charge is 0.496 e. The predicted molar refractivity (Wildman–Crippen MR) is 130 cm³/mol. The Bertz CT molecular complexity index is 1250. The summed E-state index contributed by atoms with van der Waals surface area (Å²) in [5.74, 6) is 1.79. The Hall–Kier alpha value is -4.57. The van der Waals surface area contributed by atoms with E-state index in [2.05, 4.69) is 11.2 Å². The van der Waals surface area contributed by atoms with Crippen molar-refractivity contribution < 1.29 is 14.3 Å². The summed E-state index contributed by atoms with van der Waals surface area (Å²) < 4.78 is 5.39. The summed E-state index contributed by atoms with van der Waals surface area (Å²) >= 11 is 0. The van der Waals surface area contributed by atoms with Gasteiger partial charge in [-0.3, -0.25) is 15.0 Å². The maximum atomic E-state index is 13.1. The fraction of sp³-hybridized carbons (Fsp3) is 0.115. The summed E-state index contributed by atoms with van der Waals surface area (Å²) in [6.07, 6.45) is 5.37. The van der Waals surface area contributed by atoms with Crippen LogP contribution in [0.5, 0.6) is 5.75 Å². The Kier molecular flexibility index (Phi) is 6.79. The van der Waals surface area contributed by atoms with Gasteiger partial charge in [-0.2, -0.15) is 0 Å². The van der Waals surface area contributed by atoms with E-state index < -0.39 is 11.8 Å². The average Bonchev–Trinajstić information content (AvgIpc) is 2.83. The van der Waals surface area contributed by atoms with E-state index in [1.807, 2.05) is 24.3 Å². The van der Waals surface area contributed by atoms with E-state index in [-0.39, 0.29) is 16.9 Å². The topological polar surface area (TPSA) is 109 Å². The highest BCUT2D eigenvalue weighted by Gasteiger charge is 2.22. The number of ether oxygens (including phenoxy) is 1. The van der Waals surface area contributed by atoms with Crippen molar-refractivity contribution >= 4 is 23.3 Å². The first-order valence-corrected chi connectivity index (χ1v) is 10.0. The molecule has 0 aliphatic rings. The first-order chi connectivity index (χ1) is 15.7. The van der Waals surface area contributed by atoms with Gasteiger partial charge < -0.3 is 20.7 Å². The van der Waals surface area contributed by atoms with Gasteiger partial charge in [-0.15, -0.1) is 6.42 Å². The number of amides is 2. The first-order valence-electron chi connectivity index (χ1n) is 10.0. The van der Waals surface area contributed by atoms with Crippen LogP contribution in [-0.2, 0) is 0 Å². The van der Waals surface area contributed by atoms with Crippen molar-refractivity contribution in [2.24, 2.45) is 5.73 Å². The molecule has 0 saturated heterocycles. The van der Waals surface area contributed by atoms with E-state index >= 15 is 0 Å². The van der Waals surface area contributed by atoms with Crippen LogP contribution < -0.4 is 15.8 Å². The van der Waals surface area contributed by atoms with Crippen LogP contribution in [-0.4, -0.2) is 43.8 Å². The monoisotopic (exact) mass is 440 g/mol. The van der Waals surface area contributed by atoms with Crippen molar-refractivity contribution in [3.8, 4) is 29.2 Å². The Morgan fingerprint density at radius 1 is 1.03 bits per heavy atom. The van der Waals surface area contributed by atoms with E-state index in [4.69, 9.17) is 22.3 Å². The molecule has 0 saturated carbocycles. The number of anilines is 1. The second kappa shape index (κ2) is 9.71. The molecule has 0 fully saturated rings. The lowest BCUT2D eigenvalue weighted by Gasteiger charge is -2.16. The number of amidine groups is 1. The summed E-state index contributed by atoms with van der Waals surface area (Å²) in [5.41, 5.74) is 9.05. The van der Waals surface area contributed by atoms with Crippen LogP contribution in [0.25, 0.3) is 11.1 Å². The standard InChI is InChI=1S/C26H24N4O3/c1-5-16-6-12-20(13-7-16)29-26(32)21-14-19(15-22(33-4)23(21)25(28)31)17-8-10-18(11-9-17)24(27)30(2)3/h1,6-15,27H,2-4H3,(H2,28,31)(H,29,32). The number of carbonyl (C=O) groups is 2.